The van der Waals surface area contributed by atoms with Crippen molar-refractivity contribution in [3.8, 4) is 23.0 Å². The highest BCUT2D eigenvalue weighted by Gasteiger charge is 2.32. The van der Waals surface area contributed by atoms with Gasteiger partial charge in [0.05, 0.1) is 24.6 Å². The van der Waals surface area contributed by atoms with E-state index in [9.17, 15) is 10.2 Å². The molecule has 2 aromatic rings. The van der Waals surface area contributed by atoms with Crippen LogP contribution in [0.1, 0.15) is 27.7 Å². The fraction of sp³-hybridized carbons (Fsp3) is 0.455. The van der Waals surface area contributed by atoms with Crippen molar-refractivity contribution in [3.05, 3.63) is 36.4 Å². The van der Waals surface area contributed by atoms with Crippen LogP contribution in [0.25, 0.3) is 0 Å². The Morgan fingerprint density at radius 2 is 1.18 bits per heavy atom. The van der Waals surface area contributed by atoms with Crippen LogP contribution >= 0.6 is 0 Å². The first-order valence-electron chi connectivity index (χ1n) is 9.89. The van der Waals surface area contributed by atoms with Crippen molar-refractivity contribution in [2.75, 3.05) is 36.1 Å². The molecule has 0 radical (unpaired) electrons. The number of rotatable bonds is 6. The molecule has 28 heavy (non-hydrogen) atoms. The Hall–Kier alpha value is -2.76. The zero-order chi connectivity index (χ0) is 20.3. The van der Waals surface area contributed by atoms with Gasteiger partial charge in [-0.15, -0.1) is 0 Å². The molecule has 1 aliphatic rings. The van der Waals surface area contributed by atoms with Crippen molar-refractivity contribution in [1.82, 2.24) is 0 Å². The van der Waals surface area contributed by atoms with Crippen LogP contribution in [0.15, 0.2) is 36.4 Å². The van der Waals surface area contributed by atoms with Crippen molar-refractivity contribution in [1.29, 1.82) is 0 Å². The Morgan fingerprint density at radius 3 is 1.54 bits per heavy atom. The number of hydrogen-bond donors (Lipinski definition) is 2. The van der Waals surface area contributed by atoms with Gasteiger partial charge in [0.1, 0.15) is 23.0 Å². The maximum absolute atomic E-state index is 9.83. The van der Waals surface area contributed by atoms with Crippen LogP contribution in [-0.2, 0) is 0 Å². The monoisotopic (exact) mass is 386 g/mol. The molecule has 2 unspecified atom stereocenters. The predicted molar refractivity (Wildman–Crippen MR) is 112 cm³/mol. The lowest BCUT2D eigenvalue weighted by atomic mass is 10.0. The first-order valence-corrected chi connectivity index (χ1v) is 9.89. The molecule has 0 spiro atoms. The van der Waals surface area contributed by atoms with E-state index in [1.54, 1.807) is 24.3 Å². The van der Waals surface area contributed by atoms with Gasteiger partial charge in [-0.2, -0.15) is 0 Å². The van der Waals surface area contributed by atoms with E-state index in [0.717, 1.165) is 24.5 Å². The van der Waals surface area contributed by atoms with Crippen LogP contribution in [0.5, 0.6) is 23.0 Å². The highest BCUT2D eigenvalue weighted by molar-refractivity contribution is 5.66. The minimum Gasteiger partial charge on any atom is -0.508 e. The molecule has 0 aliphatic carbocycles. The highest BCUT2D eigenvalue weighted by Crippen LogP contribution is 2.38. The normalized spacial score (nSPS) is 19.6. The average Bonchev–Trinajstić information content (AvgIpc) is 2.65. The summed E-state index contributed by atoms with van der Waals surface area (Å²) in [5.41, 5.74) is 1.99. The third-order valence-corrected chi connectivity index (χ3v) is 5.09. The molecular weight excluding hydrogens is 356 g/mol. The Balaban J connectivity index is 1.88. The maximum atomic E-state index is 9.83. The predicted octanol–water partition coefficient (Wildman–Crippen LogP) is 4.00. The number of nitrogens with zero attached hydrogens (tertiary/aromatic N) is 2. The fourth-order valence-corrected chi connectivity index (χ4v) is 3.82. The smallest absolute Gasteiger partial charge is 0.146 e. The van der Waals surface area contributed by atoms with Crippen LogP contribution in [0.4, 0.5) is 11.4 Å². The van der Waals surface area contributed by atoms with E-state index in [-0.39, 0.29) is 23.6 Å². The summed E-state index contributed by atoms with van der Waals surface area (Å²) in [6, 6.07) is 11.1. The van der Waals surface area contributed by atoms with E-state index in [2.05, 4.69) is 23.6 Å². The Morgan fingerprint density at radius 1 is 0.786 bits per heavy atom. The fourth-order valence-electron chi connectivity index (χ4n) is 3.82. The third-order valence-electron chi connectivity index (χ3n) is 5.09. The SMILES string of the molecule is CCOc1cc(O)ccc1N1CC(C)N(c2ccc(O)cc2OCC)CC1C. The van der Waals surface area contributed by atoms with Crippen molar-refractivity contribution in [3.63, 3.8) is 0 Å². The van der Waals surface area contributed by atoms with Crippen LogP contribution in [0.3, 0.4) is 0 Å². The van der Waals surface area contributed by atoms with Gasteiger partial charge in [-0.3, -0.25) is 0 Å². The molecule has 6 nitrogen and oxygen atoms in total. The molecule has 1 aliphatic heterocycles. The van der Waals surface area contributed by atoms with Crippen LogP contribution < -0.4 is 19.3 Å². The Bertz CT molecular complexity index is 744. The summed E-state index contributed by atoms with van der Waals surface area (Å²) in [6.07, 6.45) is 0. The summed E-state index contributed by atoms with van der Waals surface area (Å²) in [5.74, 6) is 1.82. The summed E-state index contributed by atoms with van der Waals surface area (Å²) < 4.78 is 11.5. The number of hydrogen-bond acceptors (Lipinski definition) is 6. The van der Waals surface area contributed by atoms with Gasteiger partial charge >= 0.3 is 0 Å². The van der Waals surface area contributed by atoms with Gasteiger partial charge in [0.2, 0.25) is 0 Å². The molecule has 2 aromatic carbocycles. The summed E-state index contributed by atoms with van der Waals surface area (Å²) in [4.78, 5) is 4.65. The molecule has 1 heterocycles. The molecule has 0 saturated carbocycles. The van der Waals surface area contributed by atoms with Crippen molar-refractivity contribution >= 4 is 11.4 Å². The van der Waals surface area contributed by atoms with E-state index in [1.807, 2.05) is 26.0 Å². The Labute approximate surface area is 166 Å². The van der Waals surface area contributed by atoms with Crippen LogP contribution in [-0.4, -0.2) is 48.6 Å². The number of anilines is 2. The van der Waals surface area contributed by atoms with Gasteiger partial charge in [0.15, 0.2) is 0 Å². The molecule has 152 valence electrons. The molecule has 6 heteroatoms. The van der Waals surface area contributed by atoms with Gasteiger partial charge < -0.3 is 29.5 Å². The lowest BCUT2D eigenvalue weighted by Gasteiger charge is -2.47. The number of phenols is 2. The number of piperazine rings is 1. The molecule has 0 aromatic heterocycles. The minimum absolute atomic E-state index is 0.206. The summed E-state index contributed by atoms with van der Waals surface area (Å²) >= 11 is 0. The van der Waals surface area contributed by atoms with E-state index in [4.69, 9.17) is 9.47 Å². The summed E-state index contributed by atoms with van der Waals surface area (Å²) in [6.45, 7) is 11.0. The average molecular weight is 386 g/mol. The van der Waals surface area contributed by atoms with Gasteiger partial charge in [0, 0.05) is 37.3 Å². The second kappa shape index (κ2) is 8.50. The quantitative estimate of drug-likeness (QED) is 0.782. The standard InChI is InChI=1S/C22H30N2O4/c1-5-27-21-11-17(25)7-9-19(21)23-13-16(4)24(14-15(23)3)20-10-8-18(26)12-22(20)28-6-2/h7-12,15-16,25-26H,5-6,13-14H2,1-4H3. The zero-order valence-corrected chi connectivity index (χ0v) is 17.1. The van der Waals surface area contributed by atoms with Gasteiger partial charge in [-0.05, 0) is 52.0 Å². The molecule has 1 saturated heterocycles. The molecule has 2 atom stereocenters. The summed E-state index contributed by atoms with van der Waals surface area (Å²) in [7, 11) is 0. The number of aromatic hydroxyl groups is 2. The molecular formula is C22H30N2O4. The first kappa shape index (κ1) is 20.0. The lowest BCUT2D eigenvalue weighted by molar-refractivity contribution is 0.332. The maximum Gasteiger partial charge on any atom is 0.146 e. The molecule has 1 fully saturated rings. The van der Waals surface area contributed by atoms with Gasteiger partial charge in [0.25, 0.3) is 0 Å². The molecule has 3 rings (SSSR count). The first-order chi connectivity index (χ1) is 13.4. The zero-order valence-electron chi connectivity index (χ0n) is 17.1. The number of benzene rings is 2. The largest absolute Gasteiger partial charge is 0.508 e. The number of ether oxygens (including phenoxy) is 2. The van der Waals surface area contributed by atoms with E-state index >= 15 is 0 Å². The minimum atomic E-state index is 0.206. The second-order valence-electron chi connectivity index (χ2n) is 7.17. The number of phenolic OH excluding ortho intramolecular Hbond substituents is 2. The van der Waals surface area contributed by atoms with Crippen molar-refractivity contribution < 1.29 is 19.7 Å². The topological polar surface area (TPSA) is 65.4 Å². The second-order valence-corrected chi connectivity index (χ2v) is 7.17. The van der Waals surface area contributed by atoms with E-state index in [0.29, 0.717) is 24.7 Å². The van der Waals surface area contributed by atoms with E-state index in [1.165, 1.54) is 0 Å². The molecule has 0 amide bonds. The van der Waals surface area contributed by atoms with Gasteiger partial charge in [-0.1, -0.05) is 0 Å². The Kier molecular flexibility index (Phi) is 6.07. The summed E-state index contributed by atoms with van der Waals surface area (Å²) in [5, 5.41) is 19.7. The van der Waals surface area contributed by atoms with Crippen molar-refractivity contribution in [2.45, 2.75) is 39.8 Å². The third kappa shape index (κ3) is 4.06. The highest BCUT2D eigenvalue weighted by atomic mass is 16.5. The van der Waals surface area contributed by atoms with Crippen LogP contribution in [0.2, 0.25) is 0 Å². The van der Waals surface area contributed by atoms with E-state index < -0.39 is 0 Å². The molecule has 0 bridgehead atoms. The lowest BCUT2D eigenvalue weighted by Crippen LogP contribution is -2.57. The molecule has 2 N–H and O–H groups in total. The van der Waals surface area contributed by atoms with Gasteiger partial charge in [-0.25, -0.2) is 0 Å². The van der Waals surface area contributed by atoms with Crippen LogP contribution in [0, 0.1) is 0 Å². The van der Waals surface area contributed by atoms with Crippen molar-refractivity contribution in [2.24, 2.45) is 0 Å².